The van der Waals surface area contributed by atoms with E-state index >= 15 is 0 Å². The largest absolute Gasteiger partial charge is 0.462 e. The highest BCUT2D eigenvalue weighted by atomic mass is 17.2. The topological polar surface area (TPSA) is 61.8 Å². The van der Waals surface area contributed by atoms with Crippen molar-refractivity contribution in [1.82, 2.24) is 0 Å². The summed E-state index contributed by atoms with van der Waals surface area (Å²) >= 11 is 0. The van der Waals surface area contributed by atoms with Gasteiger partial charge in [-0.2, -0.15) is 4.89 Å². The van der Waals surface area contributed by atoms with Crippen LogP contribution >= 0.6 is 0 Å². The van der Waals surface area contributed by atoms with E-state index in [0.717, 1.165) is 0 Å². The average molecular weight is 238 g/mol. The van der Waals surface area contributed by atoms with E-state index in [9.17, 15) is 9.59 Å². The Morgan fingerprint density at radius 2 is 1.47 bits per heavy atom. The van der Waals surface area contributed by atoms with Crippen molar-refractivity contribution in [3.8, 4) is 0 Å². The van der Waals surface area contributed by atoms with Gasteiger partial charge in [-0.3, -0.25) is 4.89 Å². The van der Waals surface area contributed by atoms with Gasteiger partial charge in [-0.1, -0.05) is 0 Å². The molecule has 0 amide bonds. The van der Waals surface area contributed by atoms with Gasteiger partial charge < -0.3 is 4.74 Å². The molecule has 5 heteroatoms. The Hall–Kier alpha value is -1.88. The molecule has 0 N–H and O–H groups in total. The molecular formula is C12H14O5. The lowest BCUT2D eigenvalue weighted by Gasteiger charge is -2.03. The predicted octanol–water partition coefficient (Wildman–Crippen LogP) is 1.97. The Morgan fingerprint density at radius 1 is 0.941 bits per heavy atom. The number of benzene rings is 1. The molecule has 0 radical (unpaired) electrons. The van der Waals surface area contributed by atoms with Crippen molar-refractivity contribution in [2.45, 2.75) is 13.8 Å². The number of ether oxygens (including phenoxy) is 1. The van der Waals surface area contributed by atoms with Gasteiger partial charge in [0.15, 0.2) is 0 Å². The first-order valence-electron chi connectivity index (χ1n) is 5.30. The number of esters is 1. The van der Waals surface area contributed by atoms with Crippen LogP contribution in [0.5, 0.6) is 0 Å². The maximum absolute atomic E-state index is 11.3. The second-order valence-corrected chi connectivity index (χ2v) is 3.08. The average Bonchev–Trinajstić information content (AvgIpc) is 2.36. The third-order valence-electron chi connectivity index (χ3n) is 1.88. The summed E-state index contributed by atoms with van der Waals surface area (Å²) in [6.07, 6.45) is 0. The van der Waals surface area contributed by atoms with Crippen LogP contribution in [0.15, 0.2) is 24.3 Å². The van der Waals surface area contributed by atoms with Crippen LogP contribution in [0.1, 0.15) is 34.6 Å². The van der Waals surface area contributed by atoms with Crippen LogP contribution in [0, 0.1) is 0 Å². The zero-order valence-corrected chi connectivity index (χ0v) is 9.76. The fourth-order valence-electron chi connectivity index (χ4n) is 1.12. The van der Waals surface area contributed by atoms with E-state index in [4.69, 9.17) is 4.74 Å². The predicted molar refractivity (Wildman–Crippen MR) is 59.4 cm³/mol. The summed E-state index contributed by atoms with van der Waals surface area (Å²) < 4.78 is 4.81. The molecule has 0 aromatic heterocycles. The van der Waals surface area contributed by atoms with Gasteiger partial charge in [0.1, 0.15) is 0 Å². The monoisotopic (exact) mass is 238 g/mol. The molecule has 1 rings (SSSR count). The molecule has 0 aliphatic rings. The zero-order chi connectivity index (χ0) is 12.7. The van der Waals surface area contributed by atoms with Crippen molar-refractivity contribution in [1.29, 1.82) is 0 Å². The Labute approximate surface area is 99.2 Å². The molecule has 0 spiro atoms. The van der Waals surface area contributed by atoms with Crippen LogP contribution in [0.25, 0.3) is 0 Å². The SMILES string of the molecule is CCOOC(=O)c1ccc(C(=O)OCC)cc1. The number of hydrogen-bond acceptors (Lipinski definition) is 5. The molecule has 0 fully saturated rings. The molecule has 0 saturated carbocycles. The molecule has 92 valence electrons. The first-order valence-corrected chi connectivity index (χ1v) is 5.30. The molecule has 0 bridgehead atoms. The molecule has 5 nitrogen and oxygen atoms in total. The molecule has 1 aromatic rings. The van der Waals surface area contributed by atoms with E-state index in [-0.39, 0.29) is 6.61 Å². The molecule has 0 heterocycles. The van der Waals surface area contributed by atoms with Crippen LogP contribution in [0.2, 0.25) is 0 Å². The molecule has 17 heavy (non-hydrogen) atoms. The molecule has 0 unspecified atom stereocenters. The highest BCUT2D eigenvalue weighted by Crippen LogP contribution is 2.07. The maximum atomic E-state index is 11.3. The van der Waals surface area contributed by atoms with Gasteiger partial charge in [0.25, 0.3) is 0 Å². The normalized spacial score (nSPS) is 9.76. The molecule has 0 atom stereocenters. The summed E-state index contributed by atoms with van der Waals surface area (Å²) in [6.45, 7) is 4.03. The summed E-state index contributed by atoms with van der Waals surface area (Å²) in [7, 11) is 0. The summed E-state index contributed by atoms with van der Waals surface area (Å²) in [4.78, 5) is 31.7. The minimum Gasteiger partial charge on any atom is -0.462 e. The summed E-state index contributed by atoms with van der Waals surface area (Å²) in [5, 5.41) is 0. The third kappa shape index (κ3) is 3.88. The highest BCUT2D eigenvalue weighted by Gasteiger charge is 2.10. The van der Waals surface area contributed by atoms with Gasteiger partial charge in [-0.15, -0.1) is 0 Å². The molecule has 0 aliphatic heterocycles. The molecule has 0 saturated heterocycles. The fourth-order valence-corrected chi connectivity index (χ4v) is 1.12. The highest BCUT2D eigenvalue weighted by molar-refractivity contribution is 5.93. The van der Waals surface area contributed by atoms with E-state index in [1.807, 2.05) is 0 Å². The van der Waals surface area contributed by atoms with Gasteiger partial charge in [0, 0.05) is 0 Å². The lowest BCUT2D eigenvalue weighted by Crippen LogP contribution is -2.08. The Bertz CT molecular complexity index is 382. The lowest BCUT2D eigenvalue weighted by molar-refractivity contribution is -0.236. The zero-order valence-electron chi connectivity index (χ0n) is 9.76. The maximum Gasteiger partial charge on any atom is 0.373 e. The first kappa shape index (κ1) is 13.2. The van der Waals surface area contributed by atoms with Gasteiger partial charge in [-0.25, -0.2) is 9.59 Å². The number of hydrogen-bond donors (Lipinski definition) is 0. The Morgan fingerprint density at radius 3 is 1.94 bits per heavy atom. The summed E-state index contributed by atoms with van der Waals surface area (Å²) in [6, 6.07) is 5.96. The minimum absolute atomic E-state index is 0.284. The van der Waals surface area contributed by atoms with Gasteiger partial charge >= 0.3 is 11.9 Å². The summed E-state index contributed by atoms with van der Waals surface area (Å²) in [5.74, 6) is -1.01. The van der Waals surface area contributed by atoms with Crippen LogP contribution in [0.4, 0.5) is 0 Å². The van der Waals surface area contributed by atoms with Crippen LogP contribution in [0.3, 0.4) is 0 Å². The quantitative estimate of drug-likeness (QED) is 0.446. The van der Waals surface area contributed by atoms with E-state index in [1.54, 1.807) is 13.8 Å². The van der Waals surface area contributed by atoms with E-state index in [0.29, 0.717) is 17.7 Å². The Balaban J connectivity index is 2.67. The van der Waals surface area contributed by atoms with Crippen LogP contribution in [-0.4, -0.2) is 25.2 Å². The Kier molecular flexibility index (Phi) is 5.16. The number of rotatable bonds is 5. The van der Waals surface area contributed by atoms with Gasteiger partial charge in [0.05, 0.1) is 24.3 Å². The van der Waals surface area contributed by atoms with Gasteiger partial charge in [-0.05, 0) is 38.1 Å². The minimum atomic E-state index is -0.595. The van der Waals surface area contributed by atoms with E-state index in [2.05, 4.69) is 9.78 Å². The summed E-state index contributed by atoms with van der Waals surface area (Å²) in [5.41, 5.74) is 0.700. The van der Waals surface area contributed by atoms with Crippen molar-refractivity contribution < 1.29 is 24.1 Å². The van der Waals surface area contributed by atoms with E-state index < -0.39 is 11.9 Å². The van der Waals surface area contributed by atoms with Crippen molar-refractivity contribution >= 4 is 11.9 Å². The second-order valence-electron chi connectivity index (χ2n) is 3.08. The first-order chi connectivity index (χ1) is 8.19. The molecular weight excluding hydrogens is 224 g/mol. The second kappa shape index (κ2) is 6.65. The van der Waals surface area contributed by atoms with Crippen molar-refractivity contribution in [2.24, 2.45) is 0 Å². The number of carbonyl (C=O) groups is 2. The molecule has 1 aromatic carbocycles. The van der Waals surface area contributed by atoms with Gasteiger partial charge in [0.2, 0.25) is 0 Å². The van der Waals surface area contributed by atoms with Crippen LogP contribution < -0.4 is 0 Å². The third-order valence-corrected chi connectivity index (χ3v) is 1.88. The fraction of sp³-hybridized carbons (Fsp3) is 0.333. The van der Waals surface area contributed by atoms with Crippen LogP contribution in [-0.2, 0) is 14.5 Å². The lowest BCUT2D eigenvalue weighted by atomic mass is 10.1. The standard InChI is InChI=1S/C12H14O5/c1-3-15-11(13)9-5-7-10(8-6-9)12(14)17-16-4-2/h5-8H,3-4H2,1-2H3. The number of carbonyl (C=O) groups excluding carboxylic acids is 2. The smallest absolute Gasteiger partial charge is 0.373 e. The van der Waals surface area contributed by atoms with Crippen molar-refractivity contribution in [3.05, 3.63) is 35.4 Å². The van der Waals surface area contributed by atoms with Crippen molar-refractivity contribution in [3.63, 3.8) is 0 Å². The van der Waals surface area contributed by atoms with E-state index in [1.165, 1.54) is 24.3 Å². The van der Waals surface area contributed by atoms with Crippen molar-refractivity contribution in [2.75, 3.05) is 13.2 Å². The molecule has 0 aliphatic carbocycles.